The molecule has 6 heteroatoms. The zero-order valence-electron chi connectivity index (χ0n) is 14.4. The molecule has 0 aliphatic carbocycles. The van der Waals surface area contributed by atoms with Gasteiger partial charge in [0.1, 0.15) is 30.3 Å². The maximum absolute atomic E-state index is 13.6. The molecule has 0 bridgehead atoms. The SMILES string of the molecule is C#CCOc1ccc(C2CC(=O)Nc3c2ncn3-c2cccc(F)c2)cc1. The number of anilines is 1. The van der Waals surface area contributed by atoms with E-state index >= 15 is 0 Å². The van der Waals surface area contributed by atoms with E-state index in [1.165, 1.54) is 12.1 Å². The van der Waals surface area contributed by atoms with Crippen molar-refractivity contribution in [1.29, 1.82) is 0 Å². The smallest absolute Gasteiger partial charge is 0.226 e. The molecule has 4 rings (SSSR count). The summed E-state index contributed by atoms with van der Waals surface area (Å²) >= 11 is 0. The Morgan fingerprint density at radius 1 is 1.30 bits per heavy atom. The summed E-state index contributed by atoms with van der Waals surface area (Å²) in [6.07, 6.45) is 7.09. The molecule has 5 nitrogen and oxygen atoms in total. The van der Waals surface area contributed by atoms with E-state index in [9.17, 15) is 9.18 Å². The number of ether oxygens (including phenoxy) is 1. The van der Waals surface area contributed by atoms with E-state index in [2.05, 4.69) is 16.2 Å². The third kappa shape index (κ3) is 3.27. The Morgan fingerprint density at radius 3 is 2.85 bits per heavy atom. The van der Waals surface area contributed by atoms with Crippen LogP contribution >= 0.6 is 0 Å². The van der Waals surface area contributed by atoms with Crippen molar-refractivity contribution in [2.75, 3.05) is 11.9 Å². The van der Waals surface area contributed by atoms with Gasteiger partial charge in [0, 0.05) is 12.3 Å². The fourth-order valence-corrected chi connectivity index (χ4v) is 3.23. The van der Waals surface area contributed by atoms with Gasteiger partial charge in [-0.1, -0.05) is 24.1 Å². The zero-order valence-corrected chi connectivity index (χ0v) is 14.4. The minimum absolute atomic E-state index is 0.113. The van der Waals surface area contributed by atoms with E-state index in [1.54, 1.807) is 23.0 Å². The highest BCUT2D eigenvalue weighted by molar-refractivity contribution is 5.94. The molecule has 0 saturated heterocycles. The number of nitrogens with one attached hydrogen (secondary N) is 1. The fourth-order valence-electron chi connectivity index (χ4n) is 3.23. The van der Waals surface area contributed by atoms with Crippen molar-refractivity contribution in [2.45, 2.75) is 12.3 Å². The molecule has 0 spiro atoms. The Kier molecular flexibility index (Phi) is 4.35. The second-order valence-electron chi connectivity index (χ2n) is 6.20. The van der Waals surface area contributed by atoms with Gasteiger partial charge in [-0.3, -0.25) is 9.36 Å². The molecule has 3 aromatic rings. The Labute approximate surface area is 155 Å². The second-order valence-corrected chi connectivity index (χ2v) is 6.20. The minimum atomic E-state index is -0.351. The topological polar surface area (TPSA) is 56.1 Å². The van der Waals surface area contributed by atoms with Crippen molar-refractivity contribution in [2.24, 2.45) is 0 Å². The molecule has 1 unspecified atom stereocenters. The highest BCUT2D eigenvalue weighted by Crippen LogP contribution is 2.37. The van der Waals surface area contributed by atoms with Crippen LogP contribution < -0.4 is 10.1 Å². The number of halogens is 1. The summed E-state index contributed by atoms with van der Waals surface area (Å²) in [7, 11) is 0. The largest absolute Gasteiger partial charge is 0.481 e. The molecular weight excluding hydrogens is 345 g/mol. The molecule has 0 radical (unpaired) electrons. The predicted molar refractivity (Wildman–Crippen MR) is 99.4 cm³/mol. The molecule has 2 aromatic carbocycles. The van der Waals surface area contributed by atoms with Crippen LogP contribution in [0.1, 0.15) is 23.6 Å². The fraction of sp³-hybridized carbons (Fsp3) is 0.143. The van der Waals surface area contributed by atoms with Crippen LogP contribution in [0, 0.1) is 18.2 Å². The van der Waals surface area contributed by atoms with Gasteiger partial charge in [0.15, 0.2) is 0 Å². The van der Waals surface area contributed by atoms with Crippen molar-refractivity contribution < 1.29 is 13.9 Å². The lowest BCUT2D eigenvalue weighted by molar-refractivity contribution is -0.116. The number of carbonyl (C=O) groups is 1. The number of benzene rings is 2. The quantitative estimate of drug-likeness (QED) is 0.724. The lowest BCUT2D eigenvalue weighted by Crippen LogP contribution is -2.24. The molecule has 1 aromatic heterocycles. The third-order valence-electron chi connectivity index (χ3n) is 4.46. The first kappa shape index (κ1) is 16.9. The summed E-state index contributed by atoms with van der Waals surface area (Å²) in [5.74, 6) is 3.00. The molecule has 1 aliphatic rings. The first-order valence-electron chi connectivity index (χ1n) is 8.45. The number of terminal acetylenes is 1. The lowest BCUT2D eigenvalue weighted by atomic mass is 9.90. The van der Waals surface area contributed by atoms with Gasteiger partial charge in [-0.05, 0) is 35.9 Å². The molecule has 27 heavy (non-hydrogen) atoms. The van der Waals surface area contributed by atoms with E-state index in [0.29, 0.717) is 17.3 Å². The van der Waals surface area contributed by atoms with Crippen molar-refractivity contribution >= 4 is 11.7 Å². The summed E-state index contributed by atoms with van der Waals surface area (Å²) in [4.78, 5) is 16.8. The summed E-state index contributed by atoms with van der Waals surface area (Å²) in [6.45, 7) is 0.202. The molecule has 0 fully saturated rings. The van der Waals surface area contributed by atoms with Gasteiger partial charge in [0.05, 0.1) is 11.4 Å². The van der Waals surface area contributed by atoms with Crippen molar-refractivity contribution in [3.05, 3.63) is 71.9 Å². The summed E-state index contributed by atoms with van der Waals surface area (Å²) in [6, 6.07) is 13.6. The van der Waals surface area contributed by atoms with Gasteiger partial charge in [-0.15, -0.1) is 6.42 Å². The molecular formula is C21H16FN3O2. The first-order valence-corrected chi connectivity index (χ1v) is 8.45. The van der Waals surface area contributed by atoms with Crippen molar-refractivity contribution in [3.8, 4) is 23.8 Å². The van der Waals surface area contributed by atoms with Gasteiger partial charge in [-0.25, -0.2) is 9.37 Å². The van der Waals surface area contributed by atoms with E-state index < -0.39 is 0 Å². The number of fused-ring (bicyclic) bond motifs is 1. The van der Waals surface area contributed by atoms with E-state index in [1.807, 2.05) is 24.3 Å². The second kappa shape index (κ2) is 6.96. The number of imidazole rings is 1. The van der Waals surface area contributed by atoms with Crippen molar-refractivity contribution in [1.82, 2.24) is 9.55 Å². The van der Waals surface area contributed by atoms with Gasteiger partial charge in [0.2, 0.25) is 5.91 Å². The standard InChI is InChI=1S/C21H16FN3O2/c1-2-10-27-17-8-6-14(7-9-17)18-12-19(26)24-21-20(18)23-13-25(21)16-5-3-4-15(22)11-16/h1,3-9,11,13,18H,10,12H2,(H,24,26). The number of hydrogen-bond acceptors (Lipinski definition) is 3. The predicted octanol–water partition coefficient (Wildman–Crippen LogP) is 3.50. The molecule has 1 atom stereocenters. The maximum Gasteiger partial charge on any atom is 0.226 e. The van der Waals surface area contributed by atoms with Crippen LogP contribution in [0.25, 0.3) is 5.69 Å². The van der Waals surface area contributed by atoms with Crippen LogP contribution in [0.2, 0.25) is 0 Å². The van der Waals surface area contributed by atoms with Gasteiger partial charge in [0.25, 0.3) is 0 Å². The number of carbonyl (C=O) groups excluding carboxylic acids is 1. The van der Waals surface area contributed by atoms with E-state index in [0.717, 1.165) is 11.3 Å². The minimum Gasteiger partial charge on any atom is -0.481 e. The number of rotatable bonds is 4. The van der Waals surface area contributed by atoms with Gasteiger partial charge in [-0.2, -0.15) is 0 Å². The maximum atomic E-state index is 13.6. The molecule has 0 saturated carbocycles. The Bertz CT molecular complexity index is 1030. The number of aromatic nitrogens is 2. The molecule has 134 valence electrons. The van der Waals surface area contributed by atoms with Crippen LogP contribution in [0.15, 0.2) is 54.9 Å². The number of nitrogens with zero attached hydrogens (tertiary/aromatic N) is 2. The summed E-state index contributed by atoms with van der Waals surface area (Å²) in [5.41, 5.74) is 2.29. The Hall–Kier alpha value is -3.59. The monoisotopic (exact) mass is 361 g/mol. The Balaban J connectivity index is 1.70. The Morgan fingerprint density at radius 2 is 2.11 bits per heavy atom. The average molecular weight is 361 g/mol. The summed E-state index contributed by atoms with van der Waals surface area (Å²) in [5, 5.41) is 2.86. The molecule has 1 aliphatic heterocycles. The molecule has 2 heterocycles. The van der Waals surface area contributed by atoms with Crippen LogP contribution in [-0.4, -0.2) is 22.1 Å². The van der Waals surface area contributed by atoms with E-state index in [-0.39, 0.29) is 30.7 Å². The van der Waals surface area contributed by atoms with Crippen LogP contribution in [0.5, 0.6) is 5.75 Å². The van der Waals surface area contributed by atoms with Crippen LogP contribution in [-0.2, 0) is 4.79 Å². The van der Waals surface area contributed by atoms with Crippen molar-refractivity contribution in [3.63, 3.8) is 0 Å². The van der Waals surface area contributed by atoms with Crippen LogP contribution in [0.3, 0.4) is 0 Å². The zero-order chi connectivity index (χ0) is 18.8. The highest BCUT2D eigenvalue weighted by atomic mass is 19.1. The normalized spacial score (nSPS) is 15.6. The van der Waals surface area contributed by atoms with E-state index in [4.69, 9.17) is 11.2 Å². The van der Waals surface area contributed by atoms with Crippen LogP contribution in [0.4, 0.5) is 10.2 Å². The number of hydrogen-bond donors (Lipinski definition) is 1. The highest BCUT2D eigenvalue weighted by Gasteiger charge is 2.31. The van der Waals surface area contributed by atoms with Gasteiger partial charge < -0.3 is 10.1 Å². The molecule has 1 N–H and O–H groups in total. The number of amides is 1. The lowest BCUT2D eigenvalue weighted by Gasteiger charge is -2.23. The van der Waals surface area contributed by atoms with Gasteiger partial charge >= 0.3 is 0 Å². The summed E-state index contributed by atoms with van der Waals surface area (Å²) < 4.78 is 20.7. The third-order valence-corrected chi connectivity index (χ3v) is 4.46. The average Bonchev–Trinajstić information content (AvgIpc) is 3.10. The molecule has 1 amide bonds. The first-order chi connectivity index (χ1) is 13.2.